The van der Waals surface area contributed by atoms with Crippen molar-refractivity contribution < 1.29 is 13.4 Å². The van der Waals surface area contributed by atoms with Gasteiger partial charge in [0.25, 0.3) is 6.33 Å². The lowest BCUT2D eigenvalue weighted by Gasteiger charge is -2.20. The Morgan fingerprint density at radius 1 is 0.698 bits per heavy atom. The molecule has 0 aliphatic heterocycles. The van der Waals surface area contributed by atoms with Gasteiger partial charge >= 0.3 is 0 Å². The zero-order chi connectivity index (χ0) is 39.8. The first-order valence-corrected chi connectivity index (χ1v) is 18.2. The van der Waals surface area contributed by atoms with Gasteiger partial charge in [-0.15, -0.1) is 0 Å². The first-order valence-electron chi connectivity index (χ1n) is 19.7. The maximum atomic E-state index is 8.78. The van der Waals surface area contributed by atoms with E-state index in [0.717, 1.165) is 49.9 Å². The van der Waals surface area contributed by atoms with Crippen molar-refractivity contribution in [2.45, 2.75) is 72.6 Å². The van der Waals surface area contributed by atoms with E-state index >= 15 is 0 Å². The number of ether oxygens (including phenoxy) is 1. The fourth-order valence-corrected chi connectivity index (χ4v) is 6.94. The van der Waals surface area contributed by atoms with Gasteiger partial charge in [-0.2, -0.15) is 0 Å². The van der Waals surface area contributed by atoms with Crippen molar-refractivity contribution in [2.24, 2.45) is 5.89 Å². The molecule has 53 heavy (non-hydrogen) atoms. The van der Waals surface area contributed by atoms with Gasteiger partial charge in [0.1, 0.15) is 17.3 Å². The molecular weight excluding hydrogens is 651 g/mol. The quantitative estimate of drug-likeness (QED) is 0.123. The summed E-state index contributed by atoms with van der Waals surface area (Å²) >= 11 is 0. The van der Waals surface area contributed by atoms with Crippen LogP contribution >= 0.6 is 0 Å². The predicted octanol–water partition coefficient (Wildman–Crippen LogP) is 11.2. The molecule has 0 amide bonds. The van der Waals surface area contributed by atoms with Gasteiger partial charge in [-0.1, -0.05) is 103 Å². The second kappa shape index (κ2) is 13.0. The Morgan fingerprint density at radius 2 is 1.42 bits per heavy atom. The monoisotopic (exact) mass is 700 g/mol. The zero-order valence-electron chi connectivity index (χ0n) is 34.7. The summed E-state index contributed by atoms with van der Waals surface area (Å²) in [5.41, 5.74) is 7.26. The van der Waals surface area contributed by atoms with Gasteiger partial charge in [0.15, 0.2) is 5.82 Å². The van der Waals surface area contributed by atoms with E-state index in [-0.39, 0.29) is 10.8 Å². The number of rotatable bonds is 7. The molecule has 4 heterocycles. The van der Waals surface area contributed by atoms with E-state index in [0.29, 0.717) is 22.9 Å². The van der Waals surface area contributed by atoms with Crippen molar-refractivity contribution in [3.8, 4) is 28.8 Å². The van der Waals surface area contributed by atoms with Gasteiger partial charge in [0.2, 0.25) is 0 Å². The molecule has 4 aromatic heterocycles. The van der Waals surface area contributed by atoms with E-state index in [1.807, 2.05) is 51.7 Å². The van der Waals surface area contributed by atoms with Gasteiger partial charge in [0.05, 0.1) is 27.8 Å². The maximum Gasteiger partial charge on any atom is 0.271 e. The molecule has 0 fully saturated rings. The summed E-state index contributed by atoms with van der Waals surface area (Å²) in [7, 11) is 0. The Kier molecular flexibility index (Phi) is 7.58. The topological polar surface area (TPSA) is 48.8 Å². The molecule has 8 aromatic rings. The van der Waals surface area contributed by atoms with Crippen molar-refractivity contribution in [1.29, 1.82) is 0 Å². The highest BCUT2D eigenvalue weighted by molar-refractivity contribution is 6.09. The number of benzene rings is 4. The Bertz CT molecular complexity index is 2780. The van der Waals surface area contributed by atoms with E-state index < -0.39 is 12.3 Å². The van der Waals surface area contributed by atoms with Gasteiger partial charge in [0, 0.05) is 39.4 Å². The fourth-order valence-electron chi connectivity index (χ4n) is 6.94. The number of hydrogen-bond donors (Lipinski definition) is 0. The summed E-state index contributed by atoms with van der Waals surface area (Å²) in [6.07, 6.45) is 5.28. The van der Waals surface area contributed by atoms with Gasteiger partial charge in [-0.3, -0.25) is 18.7 Å². The van der Waals surface area contributed by atoms with Crippen LogP contribution in [0.25, 0.3) is 50.2 Å². The van der Waals surface area contributed by atoms with E-state index in [1.54, 1.807) is 26.1 Å². The van der Waals surface area contributed by atoms with E-state index in [1.165, 1.54) is 5.56 Å². The number of pyridine rings is 2. The van der Waals surface area contributed by atoms with Crippen LogP contribution in [-0.4, -0.2) is 19.1 Å². The summed E-state index contributed by atoms with van der Waals surface area (Å²) in [4.78, 5) is 9.62. The van der Waals surface area contributed by atoms with Crippen molar-refractivity contribution in [3.05, 3.63) is 145 Å². The first kappa shape index (κ1) is 30.8. The van der Waals surface area contributed by atoms with Crippen LogP contribution in [0.1, 0.15) is 76.2 Å². The molecule has 0 aliphatic carbocycles. The minimum atomic E-state index is -1.88. The zero-order valence-corrected chi connectivity index (χ0v) is 31.7. The van der Waals surface area contributed by atoms with Gasteiger partial charge in [-0.25, -0.2) is 4.98 Å². The largest absolute Gasteiger partial charge is 0.458 e. The minimum absolute atomic E-state index is 0.0287. The van der Waals surface area contributed by atoms with Crippen LogP contribution < -0.4 is 9.30 Å². The third kappa shape index (κ3) is 6.59. The summed E-state index contributed by atoms with van der Waals surface area (Å²) in [5.74, 6) is 1.44. The molecular formula is C47H47N5O. The van der Waals surface area contributed by atoms with Crippen LogP contribution in [0.3, 0.4) is 0 Å². The minimum Gasteiger partial charge on any atom is -0.458 e. The Labute approximate surface area is 316 Å². The molecule has 0 unspecified atom stereocenters. The van der Waals surface area contributed by atoms with Crippen LogP contribution in [0.2, 0.25) is 0 Å². The fraction of sp³-hybridized carbons (Fsp3) is 0.255. The normalized spacial score (nSPS) is 13.7. The number of imidazole rings is 1. The first-order chi connectivity index (χ1) is 26.4. The predicted molar refractivity (Wildman–Crippen MR) is 216 cm³/mol. The molecule has 6 nitrogen and oxygen atoms in total. The third-order valence-corrected chi connectivity index (χ3v) is 9.69. The molecule has 0 saturated heterocycles. The second-order valence-corrected chi connectivity index (χ2v) is 16.0. The van der Waals surface area contributed by atoms with Crippen molar-refractivity contribution in [3.63, 3.8) is 0 Å². The van der Waals surface area contributed by atoms with Crippen molar-refractivity contribution in [2.75, 3.05) is 0 Å². The molecule has 4 aromatic carbocycles. The molecule has 0 bridgehead atoms. The lowest BCUT2D eigenvalue weighted by Crippen LogP contribution is -2.29. The average Bonchev–Trinajstić information content (AvgIpc) is 3.70. The van der Waals surface area contributed by atoms with Crippen molar-refractivity contribution >= 4 is 32.8 Å². The molecule has 0 atom stereocenters. The summed E-state index contributed by atoms with van der Waals surface area (Å²) in [6.45, 7) is 16.4. The Hall–Kier alpha value is -5.75. The van der Waals surface area contributed by atoms with Crippen LogP contribution in [0, 0.1) is 12.2 Å². The van der Waals surface area contributed by atoms with E-state index in [2.05, 4.69) is 119 Å². The van der Waals surface area contributed by atoms with Crippen LogP contribution in [-0.2, 0) is 17.2 Å². The molecule has 6 heteroatoms. The molecule has 0 radical (unpaired) electrons. The molecule has 0 N–H and O–H groups in total. The smallest absolute Gasteiger partial charge is 0.271 e. The van der Waals surface area contributed by atoms with E-state index in [9.17, 15) is 0 Å². The molecule has 0 saturated carbocycles. The molecule has 0 aliphatic rings. The van der Waals surface area contributed by atoms with Crippen LogP contribution in [0.4, 0.5) is 0 Å². The SMILES string of the molecule is [2H]C(C)(C)C([2H])([2H])c1cccc(-[n+]2[c-]n(-c3cc(Oc4ccc5c6ccccc6n(-c6cc(C(C)(C)C)ccn6)c5c4)ccn3)c3cc(C(C)(C)C)ccc32)c1. The maximum absolute atomic E-state index is 8.78. The number of nitrogens with zero attached hydrogens (tertiary/aromatic N) is 5. The molecule has 266 valence electrons. The molecule has 8 rings (SSSR count). The third-order valence-electron chi connectivity index (χ3n) is 9.69. The summed E-state index contributed by atoms with van der Waals surface area (Å²) in [5, 5.41) is 2.26. The lowest BCUT2D eigenvalue weighted by molar-refractivity contribution is -0.572. The summed E-state index contributed by atoms with van der Waals surface area (Å²) < 4.78 is 38.7. The van der Waals surface area contributed by atoms with E-state index in [4.69, 9.17) is 18.8 Å². The lowest BCUT2D eigenvalue weighted by atomic mass is 9.87. The standard InChI is InChI=1S/C47H47N5O/c1-31(2)24-32-12-11-13-35(25-32)50-30-51(43-26-33(46(3,4)5)16-19-41(43)50)44-29-37(21-23-48-44)53-36-17-18-39-38-14-9-10-15-40(38)52(42(39)28-36)45-27-34(20-22-49-45)47(6,7)8/h9-23,25-29,31H,24H2,1-8H3/i24D2,31D. The average molecular weight is 701 g/mol. The molecule has 0 spiro atoms. The highest BCUT2D eigenvalue weighted by atomic mass is 16.5. The highest BCUT2D eigenvalue weighted by Crippen LogP contribution is 2.36. The number of aromatic nitrogens is 5. The van der Waals surface area contributed by atoms with Gasteiger partial charge < -0.3 is 4.74 Å². The van der Waals surface area contributed by atoms with Crippen LogP contribution in [0.15, 0.2) is 122 Å². The van der Waals surface area contributed by atoms with Gasteiger partial charge in [-0.05, 0) is 88.8 Å². The Balaban J connectivity index is 1.23. The summed E-state index contributed by atoms with van der Waals surface area (Å²) in [6, 6.07) is 36.3. The second-order valence-electron chi connectivity index (χ2n) is 16.0. The van der Waals surface area contributed by atoms with Crippen molar-refractivity contribution in [1.82, 2.24) is 19.1 Å². The number of fused-ring (bicyclic) bond motifs is 4. The highest BCUT2D eigenvalue weighted by Gasteiger charge is 2.21. The number of para-hydroxylation sites is 1. The van der Waals surface area contributed by atoms with Crippen LogP contribution in [0.5, 0.6) is 11.5 Å². The Morgan fingerprint density at radius 3 is 2.21 bits per heavy atom. The number of hydrogen-bond acceptors (Lipinski definition) is 3.